The molecule has 1 N–H and O–H groups in total. The molecule has 2 amide bonds. The quantitative estimate of drug-likeness (QED) is 0.339. The number of pyridine rings is 2. The second kappa shape index (κ2) is 10.7. The molecule has 1 aliphatic rings. The number of imidazole rings is 1. The van der Waals surface area contributed by atoms with Gasteiger partial charge in [0.05, 0.1) is 22.6 Å². The Labute approximate surface area is 224 Å². The van der Waals surface area contributed by atoms with Crippen molar-refractivity contribution < 1.29 is 9.59 Å². The van der Waals surface area contributed by atoms with Crippen LogP contribution in [0.2, 0.25) is 10.2 Å². The number of hydrogen-bond acceptors (Lipinski definition) is 5. The summed E-state index contributed by atoms with van der Waals surface area (Å²) in [5.41, 5.74) is 3.91. The molecule has 188 valence electrons. The number of aromatic nitrogens is 4. The molecular formula is C27H24Cl2N6O2. The highest BCUT2D eigenvalue weighted by Crippen LogP contribution is 2.31. The fourth-order valence-corrected chi connectivity index (χ4v) is 4.81. The molecule has 37 heavy (non-hydrogen) atoms. The van der Waals surface area contributed by atoms with Gasteiger partial charge in [0.2, 0.25) is 0 Å². The number of hydrogen-bond donors (Lipinski definition) is 1. The topological polar surface area (TPSA) is 93.0 Å². The summed E-state index contributed by atoms with van der Waals surface area (Å²) in [6.07, 6.45) is 6.62. The van der Waals surface area contributed by atoms with Crippen molar-refractivity contribution in [2.75, 3.05) is 18.4 Å². The van der Waals surface area contributed by atoms with E-state index in [0.29, 0.717) is 37.2 Å². The van der Waals surface area contributed by atoms with E-state index < -0.39 is 0 Å². The third kappa shape index (κ3) is 5.50. The molecule has 10 heteroatoms. The zero-order valence-electron chi connectivity index (χ0n) is 20.1. The van der Waals surface area contributed by atoms with Crippen molar-refractivity contribution in [3.8, 4) is 5.69 Å². The van der Waals surface area contributed by atoms with Crippen molar-refractivity contribution in [2.24, 2.45) is 0 Å². The van der Waals surface area contributed by atoms with Crippen LogP contribution in [0.5, 0.6) is 0 Å². The Morgan fingerprint density at radius 2 is 1.73 bits per heavy atom. The van der Waals surface area contributed by atoms with Crippen LogP contribution in [0.25, 0.3) is 5.69 Å². The third-order valence-corrected chi connectivity index (χ3v) is 6.94. The molecule has 1 saturated heterocycles. The molecule has 8 nitrogen and oxygen atoms in total. The summed E-state index contributed by atoms with van der Waals surface area (Å²) in [5, 5.41) is 3.48. The van der Waals surface area contributed by atoms with Gasteiger partial charge in [-0.2, -0.15) is 0 Å². The van der Waals surface area contributed by atoms with E-state index in [1.54, 1.807) is 29.6 Å². The van der Waals surface area contributed by atoms with Gasteiger partial charge < -0.3 is 14.8 Å². The Balaban J connectivity index is 1.29. The lowest BCUT2D eigenvalue weighted by Crippen LogP contribution is -2.39. The number of carbonyl (C=O) groups is 2. The van der Waals surface area contributed by atoms with Gasteiger partial charge in [0.1, 0.15) is 10.8 Å². The number of amides is 2. The molecule has 0 atom stereocenters. The van der Waals surface area contributed by atoms with Crippen molar-refractivity contribution in [1.29, 1.82) is 0 Å². The molecule has 4 aromatic rings. The zero-order chi connectivity index (χ0) is 25.9. The molecule has 0 aliphatic carbocycles. The van der Waals surface area contributed by atoms with Gasteiger partial charge in [-0.1, -0.05) is 23.2 Å². The Morgan fingerprint density at radius 3 is 2.43 bits per heavy atom. The summed E-state index contributed by atoms with van der Waals surface area (Å²) in [4.78, 5) is 40.9. The summed E-state index contributed by atoms with van der Waals surface area (Å²) in [6.45, 7) is 2.91. The number of benzene rings is 1. The van der Waals surface area contributed by atoms with E-state index >= 15 is 0 Å². The van der Waals surface area contributed by atoms with E-state index in [1.807, 2.05) is 54.1 Å². The van der Waals surface area contributed by atoms with Crippen LogP contribution in [-0.2, 0) is 0 Å². The summed E-state index contributed by atoms with van der Waals surface area (Å²) in [6, 6.07) is 14.3. The highest BCUT2D eigenvalue weighted by molar-refractivity contribution is 6.34. The molecule has 1 fully saturated rings. The van der Waals surface area contributed by atoms with Crippen LogP contribution in [0.3, 0.4) is 0 Å². The average Bonchev–Trinajstić information content (AvgIpc) is 3.45. The third-order valence-electron chi connectivity index (χ3n) is 6.42. The van der Waals surface area contributed by atoms with Crippen LogP contribution in [0.1, 0.15) is 51.0 Å². The number of carbonyl (C=O) groups excluding carboxylic acids is 2. The minimum atomic E-state index is -0.250. The van der Waals surface area contributed by atoms with E-state index in [2.05, 4.69) is 15.3 Å². The van der Waals surface area contributed by atoms with Gasteiger partial charge in [0, 0.05) is 48.5 Å². The van der Waals surface area contributed by atoms with Crippen molar-refractivity contribution >= 4 is 40.7 Å². The van der Waals surface area contributed by atoms with Gasteiger partial charge in [0.15, 0.2) is 0 Å². The molecule has 0 bridgehead atoms. The van der Waals surface area contributed by atoms with Crippen molar-refractivity contribution in [2.45, 2.75) is 25.7 Å². The molecule has 3 aromatic heterocycles. The monoisotopic (exact) mass is 534 g/mol. The van der Waals surface area contributed by atoms with Crippen LogP contribution < -0.4 is 5.32 Å². The van der Waals surface area contributed by atoms with E-state index in [-0.39, 0.29) is 33.6 Å². The van der Waals surface area contributed by atoms with E-state index in [9.17, 15) is 9.59 Å². The Kier molecular flexibility index (Phi) is 7.21. The lowest BCUT2D eigenvalue weighted by Gasteiger charge is -2.32. The largest absolute Gasteiger partial charge is 0.337 e. The number of halogens is 2. The first-order chi connectivity index (χ1) is 17.9. The van der Waals surface area contributed by atoms with E-state index in [4.69, 9.17) is 28.2 Å². The maximum absolute atomic E-state index is 13.3. The molecule has 5 rings (SSSR count). The first-order valence-electron chi connectivity index (χ1n) is 11.9. The maximum atomic E-state index is 13.3. The van der Waals surface area contributed by atoms with Gasteiger partial charge in [-0.05, 0) is 68.3 Å². The van der Waals surface area contributed by atoms with Crippen LogP contribution in [0.15, 0.2) is 67.3 Å². The van der Waals surface area contributed by atoms with Gasteiger partial charge >= 0.3 is 0 Å². The second-order valence-corrected chi connectivity index (χ2v) is 9.68. The molecule has 0 spiro atoms. The molecular weight excluding hydrogens is 511 g/mol. The number of rotatable bonds is 5. The number of nitrogens with one attached hydrogen (secondary N) is 1. The zero-order valence-corrected chi connectivity index (χ0v) is 21.6. The summed E-state index contributed by atoms with van der Waals surface area (Å²) in [7, 11) is 0. The standard InChI is InChI=1S/C27H24Cl2N6O2/c1-17-2-7-21(26(36)32-19-3-5-20(6-4-19)35-15-12-30-16-35)24(31-17)18-10-13-34(14-11-18)27(37)25-22(28)8-9-23(29)33-25/h2-9,12,15-16,18H,10-11,13-14H2,1H3,(H,32,36). The SMILES string of the molecule is Cc1ccc(C(=O)Nc2ccc(-n3ccnc3)cc2)c(C2CCN(C(=O)c3nc(Cl)ccc3Cl)CC2)n1. The van der Waals surface area contributed by atoms with E-state index in [0.717, 1.165) is 17.1 Å². The minimum absolute atomic E-state index is 0.0381. The normalized spacial score (nSPS) is 14.0. The fourth-order valence-electron chi connectivity index (χ4n) is 4.48. The predicted octanol–water partition coefficient (Wildman–Crippen LogP) is 5.55. The lowest BCUT2D eigenvalue weighted by molar-refractivity contribution is 0.0705. The van der Waals surface area contributed by atoms with Crippen molar-refractivity contribution in [3.05, 3.63) is 100 Å². The number of anilines is 1. The lowest BCUT2D eigenvalue weighted by atomic mass is 9.89. The van der Waals surface area contributed by atoms with Crippen LogP contribution in [0, 0.1) is 6.92 Å². The Morgan fingerprint density at radius 1 is 0.973 bits per heavy atom. The Hall–Kier alpha value is -3.75. The first-order valence-corrected chi connectivity index (χ1v) is 12.6. The van der Waals surface area contributed by atoms with Gasteiger partial charge in [-0.25, -0.2) is 9.97 Å². The van der Waals surface area contributed by atoms with Gasteiger partial charge in [-0.3, -0.25) is 14.6 Å². The molecule has 0 radical (unpaired) electrons. The van der Waals surface area contributed by atoms with Crippen LogP contribution in [0.4, 0.5) is 5.69 Å². The number of aryl methyl sites for hydroxylation is 1. The number of piperidine rings is 1. The van der Waals surface area contributed by atoms with Gasteiger partial charge in [-0.15, -0.1) is 0 Å². The minimum Gasteiger partial charge on any atom is -0.337 e. The summed E-state index contributed by atoms with van der Waals surface area (Å²) in [5.74, 6) is -0.428. The second-order valence-electron chi connectivity index (χ2n) is 8.89. The van der Waals surface area contributed by atoms with Crippen molar-refractivity contribution in [1.82, 2.24) is 24.4 Å². The molecule has 0 saturated carbocycles. The molecule has 0 unspecified atom stereocenters. The first kappa shape index (κ1) is 24.9. The molecule has 1 aliphatic heterocycles. The molecule has 1 aromatic carbocycles. The molecule has 4 heterocycles. The number of likely N-dealkylation sites (tertiary alicyclic amines) is 1. The van der Waals surface area contributed by atoms with Crippen LogP contribution >= 0.6 is 23.2 Å². The summed E-state index contributed by atoms with van der Waals surface area (Å²) >= 11 is 12.1. The fraction of sp³-hybridized carbons (Fsp3) is 0.222. The summed E-state index contributed by atoms with van der Waals surface area (Å²) < 4.78 is 1.89. The van der Waals surface area contributed by atoms with Crippen molar-refractivity contribution in [3.63, 3.8) is 0 Å². The smallest absolute Gasteiger partial charge is 0.274 e. The predicted molar refractivity (Wildman–Crippen MR) is 143 cm³/mol. The maximum Gasteiger partial charge on any atom is 0.274 e. The highest BCUT2D eigenvalue weighted by atomic mass is 35.5. The van der Waals surface area contributed by atoms with E-state index in [1.165, 1.54) is 0 Å². The average molecular weight is 535 g/mol. The Bertz CT molecular complexity index is 1430. The van der Waals surface area contributed by atoms with Crippen LogP contribution in [-0.4, -0.2) is 49.3 Å². The van der Waals surface area contributed by atoms with Gasteiger partial charge in [0.25, 0.3) is 11.8 Å². The highest BCUT2D eigenvalue weighted by Gasteiger charge is 2.29. The number of nitrogens with zero attached hydrogens (tertiary/aromatic N) is 5.